The first-order valence-electron chi connectivity index (χ1n) is 7.26. The lowest BCUT2D eigenvalue weighted by Crippen LogP contribution is -2.45. The number of hydrogen-bond acceptors (Lipinski definition) is 3. The largest absolute Gasteiger partial charge is 0.359 e. The van der Waals surface area contributed by atoms with Gasteiger partial charge in [0.1, 0.15) is 0 Å². The molecule has 1 aromatic heterocycles. The van der Waals surface area contributed by atoms with E-state index in [0.29, 0.717) is 11.6 Å². The molecule has 0 bridgehead atoms. The predicted octanol–water partition coefficient (Wildman–Crippen LogP) is 4.07. The molecule has 104 valence electrons. The fourth-order valence-electron chi connectivity index (χ4n) is 3.07. The second-order valence-electron chi connectivity index (χ2n) is 5.87. The van der Waals surface area contributed by atoms with Crippen LogP contribution in [0.2, 0.25) is 0 Å². The molecule has 19 heavy (non-hydrogen) atoms. The van der Waals surface area contributed by atoms with Gasteiger partial charge in [-0.3, -0.25) is 4.99 Å². The molecular weight excluding hydrogens is 272 g/mol. The lowest BCUT2D eigenvalue weighted by Gasteiger charge is -2.32. The SMILES string of the molecule is CC(Cc1ccsc1)N=C1NC2(CCCCC2)CS1. The minimum Gasteiger partial charge on any atom is -0.359 e. The van der Waals surface area contributed by atoms with E-state index in [1.165, 1.54) is 48.6 Å². The summed E-state index contributed by atoms with van der Waals surface area (Å²) in [6, 6.07) is 2.59. The van der Waals surface area contributed by atoms with Gasteiger partial charge in [0, 0.05) is 11.3 Å². The third kappa shape index (κ3) is 3.34. The molecule has 4 heteroatoms. The molecule has 2 aliphatic rings. The van der Waals surface area contributed by atoms with Crippen LogP contribution in [0.3, 0.4) is 0 Å². The first-order chi connectivity index (χ1) is 9.26. The summed E-state index contributed by atoms with van der Waals surface area (Å²) < 4.78 is 0. The van der Waals surface area contributed by atoms with Crippen molar-refractivity contribution in [2.45, 2.75) is 57.0 Å². The van der Waals surface area contributed by atoms with Crippen LogP contribution in [0.1, 0.15) is 44.6 Å². The Bertz CT molecular complexity index is 433. The lowest BCUT2D eigenvalue weighted by atomic mass is 9.83. The molecule has 1 atom stereocenters. The Hall–Kier alpha value is -0.480. The molecule has 1 aromatic rings. The van der Waals surface area contributed by atoms with E-state index < -0.39 is 0 Å². The highest BCUT2D eigenvalue weighted by molar-refractivity contribution is 8.14. The van der Waals surface area contributed by atoms with Crippen molar-refractivity contribution in [3.63, 3.8) is 0 Å². The fraction of sp³-hybridized carbons (Fsp3) is 0.667. The van der Waals surface area contributed by atoms with Crippen LogP contribution in [0.5, 0.6) is 0 Å². The molecule has 3 rings (SSSR count). The van der Waals surface area contributed by atoms with E-state index in [2.05, 4.69) is 29.1 Å². The molecule has 0 radical (unpaired) electrons. The quantitative estimate of drug-likeness (QED) is 0.908. The van der Waals surface area contributed by atoms with Gasteiger partial charge in [0.05, 0.1) is 6.04 Å². The first kappa shape index (κ1) is 13.5. The maximum absolute atomic E-state index is 4.87. The van der Waals surface area contributed by atoms with Gasteiger partial charge in [0.15, 0.2) is 5.17 Å². The van der Waals surface area contributed by atoms with E-state index in [4.69, 9.17) is 4.99 Å². The monoisotopic (exact) mass is 294 g/mol. The average Bonchev–Trinajstić information content (AvgIpc) is 3.02. The number of nitrogens with one attached hydrogen (secondary N) is 1. The molecule has 1 saturated carbocycles. The third-order valence-electron chi connectivity index (χ3n) is 4.12. The van der Waals surface area contributed by atoms with E-state index in [-0.39, 0.29) is 0 Å². The predicted molar refractivity (Wildman–Crippen MR) is 86.3 cm³/mol. The average molecular weight is 294 g/mol. The molecular formula is C15H22N2S2. The standard InChI is InChI=1S/C15H22N2S2/c1-12(9-13-5-8-18-10-13)16-14-17-15(11-19-14)6-3-2-4-7-15/h5,8,10,12H,2-4,6-7,9,11H2,1H3,(H,16,17). The molecule has 0 aromatic carbocycles. The van der Waals surface area contributed by atoms with Crippen LogP contribution in [0.4, 0.5) is 0 Å². The van der Waals surface area contributed by atoms with E-state index in [0.717, 1.165) is 6.42 Å². The summed E-state index contributed by atoms with van der Waals surface area (Å²) in [5.41, 5.74) is 1.79. The minimum atomic E-state index is 0.378. The van der Waals surface area contributed by atoms with E-state index >= 15 is 0 Å². The van der Waals surface area contributed by atoms with Crippen molar-refractivity contribution in [1.29, 1.82) is 0 Å². The summed E-state index contributed by atoms with van der Waals surface area (Å²) >= 11 is 3.70. The molecule has 1 aliphatic heterocycles. The van der Waals surface area contributed by atoms with Crippen molar-refractivity contribution in [3.8, 4) is 0 Å². The summed E-state index contributed by atoms with van der Waals surface area (Å²) in [6.45, 7) is 2.22. The zero-order chi connectivity index (χ0) is 13.1. The van der Waals surface area contributed by atoms with Gasteiger partial charge >= 0.3 is 0 Å². The minimum absolute atomic E-state index is 0.378. The highest BCUT2D eigenvalue weighted by Crippen LogP contribution is 2.36. The third-order valence-corrected chi connectivity index (χ3v) is 6.03. The zero-order valence-electron chi connectivity index (χ0n) is 11.5. The van der Waals surface area contributed by atoms with Gasteiger partial charge in [-0.1, -0.05) is 31.0 Å². The molecule has 1 aliphatic carbocycles. The second-order valence-corrected chi connectivity index (χ2v) is 7.62. The number of amidine groups is 1. The van der Waals surface area contributed by atoms with Gasteiger partial charge in [0.25, 0.3) is 0 Å². The van der Waals surface area contributed by atoms with Gasteiger partial charge in [-0.05, 0) is 48.6 Å². The number of thiophene rings is 1. The fourth-order valence-corrected chi connectivity index (χ4v) is 5.07. The summed E-state index contributed by atoms with van der Waals surface area (Å²) in [5, 5.41) is 9.30. The maximum Gasteiger partial charge on any atom is 0.157 e. The summed E-state index contributed by atoms with van der Waals surface area (Å²) in [7, 11) is 0. The Morgan fingerprint density at radius 2 is 2.21 bits per heavy atom. The van der Waals surface area contributed by atoms with Crippen LogP contribution < -0.4 is 5.32 Å². The van der Waals surface area contributed by atoms with Crippen molar-refractivity contribution in [2.75, 3.05) is 5.75 Å². The molecule has 1 N–H and O–H groups in total. The van der Waals surface area contributed by atoms with Gasteiger partial charge in [-0.15, -0.1) is 0 Å². The van der Waals surface area contributed by atoms with Crippen molar-refractivity contribution >= 4 is 28.3 Å². The lowest BCUT2D eigenvalue weighted by molar-refractivity contribution is 0.303. The number of hydrogen-bond donors (Lipinski definition) is 1. The molecule has 2 fully saturated rings. The van der Waals surface area contributed by atoms with Crippen molar-refractivity contribution in [1.82, 2.24) is 5.32 Å². The number of thioether (sulfide) groups is 1. The second kappa shape index (κ2) is 5.88. The van der Waals surface area contributed by atoms with E-state index in [1.54, 1.807) is 11.3 Å². The summed E-state index contributed by atoms with van der Waals surface area (Å²) in [6.07, 6.45) is 7.89. The van der Waals surface area contributed by atoms with Crippen molar-refractivity contribution < 1.29 is 0 Å². The summed E-state index contributed by atoms with van der Waals surface area (Å²) in [5.74, 6) is 1.22. The van der Waals surface area contributed by atoms with Gasteiger partial charge in [0.2, 0.25) is 0 Å². The number of aliphatic imine (C=N–C) groups is 1. The Morgan fingerprint density at radius 1 is 1.37 bits per heavy atom. The maximum atomic E-state index is 4.87. The van der Waals surface area contributed by atoms with Gasteiger partial charge in [-0.25, -0.2) is 0 Å². The van der Waals surface area contributed by atoms with E-state index in [9.17, 15) is 0 Å². The topological polar surface area (TPSA) is 24.4 Å². The van der Waals surface area contributed by atoms with Crippen LogP contribution in [0.25, 0.3) is 0 Å². The van der Waals surface area contributed by atoms with Gasteiger partial charge < -0.3 is 5.32 Å². The van der Waals surface area contributed by atoms with Crippen LogP contribution in [-0.2, 0) is 6.42 Å². The molecule has 1 saturated heterocycles. The molecule has 1 spiro atoms. The Labute approximate surface area is 124 Å². The smallest absolute Gasteiger partial charge is 0.157 e. The highest BCUT2D eigenvalue weighted by atomic mass is 32.2. The Kier molecular flexibility index (Phi) is 4.18. The van der Waals surface area contributed by atoms with Crippen LogP contribution in [-0.4, -0.2) is 22.5 Å². The van der Waals surface area contributed by atoms with Gasteiger partial charge in [-0.2, -0.15) is 11.3 Å². The Balaban J connectivity index is 1.58. The van der Waals surface area contributed by atoms with Crippen LogP contribution >= 0.6 is 23.1 Å². The first-order valence-corrected chi connectivity index (χ1v) is 9.18. The molecule has 1 unspecified atom stereocenters. The normalized spacial score (nSPS) is 25.6. The molecule has 2 nitrogen and oxygen atoms in total. The van der Waals surface area contributed by atoms with Crippen LogP contribution in [0, 0.1) is 0 Å². The van der Waals surface area contributed by atoms with E-state index in [1.807, 2.05) is 11.8 Å². The molecule has 2 heterocycles. The number of rotatable bonds is 3. The van der Waals surface area contributed by atoms with Crippen molar-refractivity contribution in [2.24, 2.45) is 4.99 Å². The summed E-state index contributed by atoms with van der Waals surface area (Å²) in [4.78, 5) is 4.87. The Morgan fingerprint density at radius 3 is 2.95 bits per heavy atom. The molecule has 0 amide bonds. The highest BCUT2D eigenvalue weighted by Gasteiger charge is 2.38. The number of nitrogens with zero attached hydrogens (tertiary/aromatic N) is 1. The van der Waals surface area contributed by atoms with Crippen LogP contribution in [0.15, 0.2) is 21.8 Å². The zero-order valence-corrected chi connectivity index (χ0v) is 13.2. The van der Waals surface area contributed by atoms with Crippen molar-refractivity contribution in [3.05, 3.63) is 22.4 Å².